The van der Waals surface area contributed by atoms with Crippen molar-refractivity contribution in [3.05, 3.63) is 30.3 Å². The average Bonchev–Trinajstić information content (AvgIpc) is 2.75. The molecule has 1 saturated carbocycles. The highest BCUT2D eigenvalue weighted by Crippen LogP contribution is 2.44. The van der Waals surface area contributed by atoms with Crippen LogP contribution in [0.3, 0.4) is 0 Å². The molecule has 1 spiro atoms. The van der Waals surface area contributed by atoms with Gasteiger partial charge in [-0.3, -0.25) is 4.79 Å². The minimum atomic E-state index is -0.581. The van der Waals surface area contributed by atoms with E-state index in [9.17, 15) is 9.59 Å². The van der Waals surface area contributed by atoms with Gasteiger partial charge in [-0.2, -0.15) is 5.43 Å². The Morgan fingerprint density at radius 3 is 2.48 bits per heavy atom. The predicted molar refractivity (Wildman–Crippen MR) is 81.4 cm³/mol. The molecule has 1 aromatic rings. The SMILES string of the molecule is CC(=O)N[N+]1(c2ccccc2)C(=O)C=NC12CCCCC2. The van der Waals surface area contributed by atoms with Gasteiger partial charge in [0.1, 0.15) is 6.21 Å². The van der Waals surface area contributed by atoms with Crippen LogP contribution in [0.5, 0.6) is 0 Å². The van der Waals surface area contributed by atoms with Gasteiger partial charge in [-0.1, -0.05) is 29.2 Å². The van der Waals surface area contributed by atoms with Crippen LogP contribution in [-0.2, 0) is 9.59 Å². The summed E-state index contributed by atoms with van der Waals surface area (Å²) in [6.07, 6.45) is 6.22. The van der Waals surface area contributed by atoms with Gasteiger partial charge in [-0.05, 0) is 12.8 Å². The minimum absolute atomic E-state index is 0.168. The van der Waals surface area contributed by atoms with Crippen LogP contribution in [0.15, 0.2) is 35.3 Å². The smallest absolute Gasteiger partial charge is 0.270 e. The minimum Gasteiger partial charge on any atom is -0.270 e. The summed E-state index contributed by atoms with van der Waals surface area (Å²) in [5, 5.41) is 0. The molecular formula is C16H20N3O2+. The fraction of sp³-hybridized carbons (Fsp3) is 0.438. The number of quaternary nitrogens is 1. The molecule has 1 atom stereocenters. The Hall–Kier alpha value is -2.01. The Morgan fingerprint density at radius 2 is 1.86 bits per heavy atom. The molecule has 2 aliphatic rings. The number of carbonyl (C=O) groups is 2. The molecule has 1 aliphatic heterocycles. The maximum atomic E-state index is 12.7. The van der Waals surface area contributed by atoms with E-state index in [1.165, 1.54) is 13.1 Å². The van der Waals surface area contributed by atoms with Gasteiger partial charge in [0.15, 0.2) is 5.69 Å². The van der Waals surface area contributed by atoms with Gasteiger partial charge in [0, 0.05) is 31.9 Å². The lowest BCUT2D eigenvalue weighted by Gasteiger charge is -2.44. The summed E-state index contributed by atoms with van der Waals surface area (Å²) < 4.78 is -0.191. The van der Waals surface area contributed by atoms with Crippen LogP contribution >= 0.6 is 0 Å². The normalized spacial score (nSPS) is 27.0. The third-order valence-corrected chi connectivity index (χ3v) is 4.49. The van der Waals surface area contributed by atoms with Crippen LogP contribution in [-0.4, -0.2) is 23.7 Å². The summed E-state index contributed by atoms with van der Waals surface area (Å²) in [6, 6.07) is 9.46. The van der Waals surface area contributed by atoms with Gasteiger partial charge in [-0.25, -0.2) is 9.79 Å². The molecule has 1 fully saturated rings. The molecule has 1 N–H and O–H groups in total. The van der Waals surface area contributed by atoms with E-state index in [-0.39, 0.29) is 16.4 Å². The van der Waals surface area contributed by atoms with Gasteiger partial charge in [0.25, 0.3) is 5.91 Å². The first-order chi connectivity index (χ1) is 10.1. The van der Waals surface area contributed by atoms with Gasteiger partial charge in [0.2, 0.25) is 5.66 Å². The molecule has 0 radical (unpaired) electrons. The van der Waals surface area contributed by atoms with Crippen molar-refractivity contribution in [2.24, 2.45) is 4.99 Å². The van der Waals surface area contributed by atoms with E-state index in [2.05, 4.69) is 10.4 Å². The second-order valence-corrected chi connectivity index (χ2v) is 5.81. The van der Waals surface area contributed by atoms with Crippen LogP contribution < -0.4 is 10.0 Å². The van der Waals surface area contributed by atoms with Crippen LogP contribution in [0.2, 0.25) is 0 Å². The Bertz CT molecular complexity index is 591. The van der Waals surface area contributed by atoms with Gasteiger partial charge in [-0.15, -0.1) is 0 Å². The zero-order valence-electron chi connectivity index (χ0n) is 12.2. The summed E-state index contributed by atoms with van der Waals surface area (Å²) in [5.74, 6) is -0.388. The lowest BCUT2D eigenvalue weighted by atomic mass is 9.87. The first-order valence-corrected chi connectivity index (χ1v) is 7.44. The molecule has 1 aliphatic carbocycles. The number of rotatable bonds is 2. The van der Waals surface area contributed by atoms with E-state index in [4.69, 9.17) is 0 Å². The summed E-state index contributed by atoms with van der Waals surface area (Å²) in [6.45, 7) is 1.45. The zero-order chi connectivity index (χ0) is 14.9. The third kappa shape index (κ3) is 2.00. The number of para-hydroxylation sites is 1. The Morgan fingerprint density at radius 1 is 1.19 bits per heavy atom. The van der Waals surface area contributed by atoms with Crippen LogP contribution in [0, 0.1) is 0 Å². The Kier molecular flexibility index (Phi) is 3.37. The van der Waals surface area contributed by atoms with E-state index in [1.807, 2.05) is 30.3 Å². The first kappa shape index (κ1) is 13.9. The molecule has 0 bridgehead atoms. The predicted octanol–water partition coefficient (Wildman–Crippen LogP) is 2.32. The standard InChI is InChI=1S/C16H19N3O2/c1-13(20)18-19(14-8-4-2-5-9-14)15(21)12-17-16(19)10-6-3-7-11-16/h2,4-5,8-9,12H,3,6-7,10-11H2,1H3/p+1. The molecule has 1 heterocycles. The largest absolute Gasteiger partial charge is 0.388 e. The van der Waals surface area contributed by atoms with Crippen molar-refractivity contribution in [2.75, 3.05) is 0 Å². The Balaban J connectivity index is 2.17. The monoisotopic (exact) mass is 286 g/mol. The molecule has 0 aromatic heterocycles. The molecule has 21 heavy (non-hydrogen) atoms. The van der Waals surface area contributed by atoms with Crippen molar-refractivity contribution in [1.29, 1.82) is 0 Å². The van der Waals surface area contributed by atoms with Crippen molar-refractivity contribution >= 4 is 23.7 Å². The first-order valence-electron chi connectivity index (χ1n) is 7.44. The van der Waals surface area contributed by atoms with E-state index >= 15 is 0 Å². The van der Waals surface area contributed by atoms with Crippen molar-refractivity contribution in [3.8, 4) is 0 Å². The van der Waals surface area contributed by atoms with Crippen LogP contribution in [0.4, 0.5) is 5.69 Å². The highest BCUT2D eigenvalue weighted by molar-refractivity contribution is 6.32. The number of nitrogens with zero attached hydrogens (tertiary/aromatic N) is 2. The summed E-state index contributed by atoms with van der Waals surface area (Å²) in [5.41, 5.74) is 3.10. The average molecular weight is 286 g/mol. The number of aliphatic imine (C=N–C) groups is 1. The number of hydrogen-bond donors (Lipinski definition) is 1. The second-order valence-electron chi connectivity index (χ2n) is 5.81. The van der Waals surface area contributed by atoms with Crippen molar-refractivity contribution in [3.63, 3.8) is 0 Å². The topological polar surface area (TPSA) is 58.5 Å². The van der Waals surface area contributed by atoms with Gasteiger partial charge < -0.3 is 0 Å². The summed E-state index contributed by atoms with van der Waals surface area (Å²) in [4.78, 5) is 29.1. The number of amides is 2. The van der Waals surface area contributed by atoms with Crippen molar-refractivity contribution in [1.82, 2.24) is 10.0 Å². The summed E-state index contributed by atoms with van der Waals surface area (Å²) >= 11 is 0. The molecule has 3 rings (SSSR count). The third-order valence-electron chi connectivity index (χ3n) is 4.49. The zero-order valence-corrected chi connectivity index (χ0v) is 12.2. The highest BCUT2D eigenvalue weighted by atomic mass is 16.2. The van der Waals surface area contributed by atoms with Crippen LogP contribution in [0.1, 0.15) is 39.0 Å². The maximum Gasteiger partial charge on any atom is 0.388 e. The van der Waals surface area contributed by atoms with E-state index < -0.39 is 5.66 Å². The number of benzene rings is 1. The number of carbonyl (C=O) groups excluding carboxylic acids is 2. The number of hydrogen-bond acceptors (Lipinski definition) is 3. The Labute approximate surface area is 124 Å². The lowest BCUT2D eigenvalue weighted by Crippen LogP contribution is -2.73. The van der Waals surface area contributed by atoms with Crippen molar-refractivity contribution < 1.29 is 9.59 Å². The summed E-state index contributed by atoms with van der Waals surface area (Å²) in [7, 11) is 0. The van der Waals surface area contributed by atoms with Gasteiger partial charge in [0.05, 0.1) is 0 Å². The molecule has 2 amide bonds. The number of nitrogens with one attached hydrogen (secondary N) is 1. The van der Waals surface area contributed by atoms with Gasteiger partial charge >= 0.3 is 5.91 Å². The van der Waals surface area contributed by atoms with E-state index in [0.717, 1.165) is 37.8 Å². The van der Waals surface area contributed by atoms with Crippen molar-refractivity contribution in [2.45, 2.75) is 44.7 Å². The molecule has 1 aromatic carbocycles. The molecular weight excluding hydrogens is 266 g/mol. The van der Waals surface area contributed by atoms with E-state index in [1.54, 1.807) is 0 Å². The van der Waals surface area contributed by atoms with E-state index in [0.29, 0.717) is 0 Å². The molecule has 110 valence electrons. The molecule has 5 heteroatoms. The second kappa shape index (κ2) is 5.07. The molecule has 0 saturated heterocycles. The quantitative estimate of drug-likeness (QED) is 0.848. The molecule has 5 nitrogen and oxygen atoms in total. The maximum absolute atomic E-state index is 12.7. The lowest BCUT2D eigenvalue weighted by molar-refractivity contribution is -0.140. The fourth-order valence-corrected chi connectivity index (χ4v) is 3.62. The molecule has 1 unspecified atom stereocenters. The highest BCUT2D eigenvalue weighted by Gasteiger charge is 2.62. The van der Waals surface area contributed by atoms with Crippen LogP contribution in [0.25, 0.3) is 0 Å². The fourth-order valence-electron chi connectivity index (χ4n) is 3.62.